The van der Waals surface area contributed by atoms with Crippen LogP contribution in [0.4, 0.5) is 11.4 Å². The molecule has 0 saturated carbocycles. The van der Waals surface area contributed by atoms with E-state index in [2.05, 4.69) is 72.0 Å². The number of ether oxygens (including phenoxy) is 24. The molecule has 0 bridgehead atoms. The van der Waals surface area contributed by atoms with Crippen molar-refractivity contribution < 1.29 is 146 Å². The van der Waals surface area contributed by atoms with Gasteiger partial charge in [0.2, 0.25) is 11.6 Å². The number of methoxy groups -OCH3 is 1. The third kappa shape index (κ3) is 55.3. The zero-order valence-electron chi connectivity index (χ0n) is 74.6. The minimum atomic E-state index is -4.42. The Morgan fingerprint density at radius 3 is 1.08 bits per heavy atom. The van der Waals surface area contributed by atoms with Crippen molar-refractivity contribution in [1.29, 1.82) is 0 Å². The maximum Gasteiger partial charge on any atom is 0.303 e. The number of benzene rings is 2. The third-order valence-electron chi connectivity index (χ3n) is 18.9. The van der Waals surface area contributed by atoms with Crippen molar-refractivity contribution in [2.24, 2.45) is 0 Å². The van der Waals surface area contributed by atoms with Gasteiger partial charge >= 0.3 is 5.97 Å². The zero-order valence-corrected chi connectivity index (χ0v) is 75.5. The van der Waals surface area contributed by atoms with E-state index in [0.717, 1.165) is 49.2 Å². The fourth-order valence-electron chi connectivity index (χ4n) is 12.5. The van der Waals surface area contributed by atoms with Gasteiger partial charge in [0.1, 0.15) is 6.54 Å². The smallest absolute Gasteiger partial charge is 0.303 e. The molecule has 0 aliphatic carbocycles. The van der Waals surface area contributed by atoms with Crippen LogP contribution in [0.1, 0.15) is 95.8 Å². The SMILES string of the molecule is COCCOCCOCCOCCOCCOCCOCCOCCOCCOCCOCCOCCOCCOCCOCCOCCOCCOCCOCCOCCOCCOCCOCCOCCNC(=O)CCCCC[N+]1=C(C=CC=CC=CC=C2N(CCCCCC(=O)O)c3ccc(C)cc3C2(C)C)C(C)(C)c2cc(S(=O)(=O)O)ccc21. The van der Waals surface area contributed by atoms with Gasteiger partial charge in [-0.05, 0) is 76.3 Å². The lowest BCUT2D eigenvalue weighted by atomic mass is 9.81. The van der Waals surface area contributed by atoms with E-state index in [1.165, 1.54) is 28.6 Å². The van der Waals surface area contributed by atoms with Gasteiger partial charge in [0.05, 0.1) is 321 Å². The molecule has 2 aromatic rings. The number of rotatable bonds is 89. The van der Waals surface area contributed by atoms with Crippen LogP contribution in [-0.4, -0.2) is 378 Å². The van der Waals surface area contributed by atoms with Crippen molar-refractivity contribution in [2.75, 3.05) is 342 Å². The highest BCUT2D eigenvalue weighted by atomic mass is 32.2. The van der Waals surface area contributed by atoms with Gasteiger partial charge in [-0.2, -0.15) is 13.0 Å². The van der Waals surface area contributed by atoms with Gasteiger partial charge in [0.15, 0.2) is 5.71 Å². The Bertz CT molecular complexity index is 3230. The number of carboxylic acid groups (broad SMARTS) is 1. The molecule has 0 unspecified atom stereocenters. The number of fused-ring (bicyclic) bond motifs is 2. The average Bonchev–Trinajstić information content (AvgIpc) is 1.59. The minimum Gasteiger partial charge on any atom is -0.481 e. The molecule has 0 radical (unpaired) electrons. The normalized spacial score (nSPS) is 14.2. The topological polar surface area (TPSA) is 349 Å². The zero-order chi connectivity index (χ0) is 88.3. The van der Waals surface area contributed by atoms with Crippen molar-refractivity contribution in [3.63, 3.8) is 0 Å². The van der Waals surface area contributed by atoms with E-state index < -0.39 is 21.5 Å². The summed E-state index contributed by atoms with van der Waals surface area (Å²) >= 11 is 0. The monoisotopic (exact) mass is 1770 g/mol. The highest BCUT2D eigenvalue weighted by Gasteiger charge is 2.45. The van der Waals surface area contributed by atoms with Crippen molar-refractivity contribution >= 4 is 39.1 Å². The van der Waals surface area contributed by atoms with E-state index in [0.29, 0.717) is 343 Å². The Morgan fingerprint density at radius 1 is 0.390 bits per heavy atom. The highest BCUT2D eigenvalue weighted by Crippen LogP contribution is 2.48. The standard InChI is InChI=1S/C89H149N3O30S/c1-78-22-24-82-80(76-78)88(2,3)84(91(82)28-17-11-15-21-87(94)95)18-12-8-7-9-13-19-85-89(4,5)81-77-79(123(96,97)98)23-25-83(81)92(85)27-16-10-14-20-86(93)90-26-29-100-32-33-102-36-37-104-40-41-106-44-45-108-48-49-110-52-53-112-56-57-114-60-61-116-64-65-118-68-69-120-72-73-122-75-74-121-71-70-119-67-66-117-63-62-115-59-58-113-55-54-111-51-50-109-47-46-107-43-42-105-39-38-103-35-34-101-31-30-99-6/h7-9,12-13,18-19,22-25,76-77H,10-11,14-17,20-21,26-75H2,1-6H3,(H2-,90,93,94,95,96,97,98)/p+1. The Morgan fingerprint density at radius 2 is 0.724 bits per heavy atom. The third-order valence-corrected chi connectivity index (χ3v) is 19.8. The Labute approximate surface area is 732 Å². The number of allylic oxidation sites excluding steroid dienone is 8. The molecule has 0 fully saturated rings. The molecule has 2 aliphatic rings. The summed E-state index contributed by atoms with van der Waals surface area (Å²) in [5, 5.41) is 12.1. The first kappa shape index (κ1) is 110. The first-order valence-corrected chi connectivity index (χ1v) is 45.2. The van der Waals surface area contributed by atoms with Crippen LogP contribution >= 0.6 is 0 Å². The number of aliphatic carboxylic acids is 1. The summed E-state index contributed by atoms with van der Waals surface area (Å²) in [7, 11) is -2.78. The molecule has 33 nitrogen and oxygen atoms in total. The quantitative estimate of drug-likeness (QED) is 0.0242. The van der Waals surface area contributed by atoms with Crippen LogP contribution in [-0.2, 0) is 144 Å². The number of amides is 1. The van der Waals surface area contributed by atoms with E-state index in [4.69, 9.17) is 119 Å². The van der Waals surface area contributed by atoms with E-state index in [9.17, 15) is 22.6 Å². The first-order chi connectivity index (χ1) is 60.1. The highest BCUT2D eigenvalue weighted by molar-refractivity contribution is 7.85. The summed E-state index contributed by atoms with van der Waals surface area (Å²) in [5.74, 6) is -0.806. The lowest BCUT2D eigenvalue weighted by Crippen LogP contribution is -2.28. The Kier molecular flexibility index (Phi) is 66.8. The molecular formula is C89H150N3O30S+. The van der Waals surface area contributed by atoms with Crippen molar-refractivity contribution in [2.45, 2.75) is 102 Å². The van der Waals surface area contributed by atoms with E-state index in [-0.39, 0.29) is 22.6 Å². The molecule has 0 aromatic heterocycles. The van der Waals surface area contributed by atoms with Gasteiger partial charge in [0, 0.05) is 74.0 Å². The number of nitrogens with one attached hydrogen (secondary N) is 1. The molecule has 4 rings (SSSR count). The number of carboxylic acids is 1. The number of nitrogens with zero attached hydrogens (tertiary/aromatic N) is 2. The van der Waals surface area contributed by atoms with Crippen LogP contribution in [0, 0.1) is 6.92 Å². The van der Waals surface area contributed by atoms with E-state index in [1.54, 1.807) is 19.2 Å². The van der Waals surface area contributed by atoms with Gasteiger partial charge < -0.3 is 129 Å². The number of aryl methyl sites for hydroxylation is 1. The Hall–Kier alpha value is -5.24. The molecule has 3 N–H and O–H groups in total. The maximum absolute atomic E-state index is 12.7. The summed E-state index contributed by atoms with van der Waals surface area (Å²) in [5.41, 5.74) is 6.72. The molecule has 2 aromatic carbocycles. The molecule has 0 atom stereocenters. The van der Waals surface area contributed by atoms with Crippen LogP contribution in [0.3, 0.4) is 0 Å². The fourth-order valence-corrected chi connectivity index (χ4v) is 13.0. The molecule has 2 heterocycles. The van der Waals surface area contributed by atoms with Gasteiger partial charge in [-0.25, -0.2) is 0 Å². The lowest BCUT2D eigenvalue weighted by Gasteiger charge is -2.27. The van der Waals surface area contributed by atoms with Crippen LogP contribution in [0.15, 0.2) is 89.5 Å². The summed E-state index contributed by atoms with van der Waals surface area (Å²) in [6.45, 7) is 34.8. The number of unbranched alkanes of at least 4 members (excludes halogenated alkanes) is 4. The number of anilines is 1. The fraction of sp³-hybridized carbons (Fsp3) is 0.742. The minimum absolute atomic E-state index is 0.0418. The maximum atomic E-state index is 12.7. The van der Waals surface area contributed by atoms with Gasteiger partial charge in [0.25, 0.3) is 10.1 Å². The molecule has 1 amide bonds. The van der Waals surface area contributed by atoms with Crippen molar-refractivity contribution in [3.05, 3.63) is 101 Å². The molecule has 123 heavy (non-hydrogen) atoms. The number of carbonyl (C=O) groups excluding carboxylic acids is 1. The first-order valence-electron chi connectivity index (χ1n) is 43.7. The predicted molar refractivity (Wildman–Crippen MR) is 464 cm³/mol. The second-order valence-electron chi connectivity index (χ2n) is 29.2. The summed E-state index contributed by atoms with van der Waals surface area (Å²) in [6.07, 6.45) is 19.4. The lowest BCUT2D eigenvalue weighted by molar-refractivity contribution is -0.438. The average molecular weight is 1770 g/mol. The summed E-state index contributed by atoms with van der Waals surface area (Å²) in [4.78, 5) is 26.0. The predicted octanol–water partition coefficient (Wildman–Crippen LogP) is 8.32. The summed E-state index contributed by atoms with van der Waals surface area (Å²) < 4.78 is 169. The molecule has 0 spiro atoms. The van der Waals surface area contributed by atoms with Crippen LogP contribution in [0.2, 0.25) is 0 Å². The largest absolute Gasteiger partial charge is 0.481 e. The van der Waals surface area contributed by atoms with Crippen LogP contribution in [0.25, 0.3) is 0 Å². The van der Waals surface area contributed by atoms with Crippen LogP contribution in [0.5, 0.6) is 0 Å². The summed E-state index contributed by atoms with van der Waals surface area (Å²) in [6, 6.07) is 11.3. The van der Waals surface area contributed by atoms with Gasteiger partial charge in [-0.1, -0.05) is 68.3 Å². The second kappa shape index (κ2) is 74.7. The number of hydrogen-bond acceptors (Lipinski definition) is 29. The van der Waals surface area contributed by atoms with E-state index >= 15 is 0 Å². The second-order valence-corrected chi connectivity index (χ2v) is 30.7. The number of carbonyl (C=O) groups is 2. The van der Waals surface area contributed by atoms with Gasteiger partial charge in [-0.15, -0.1) is 0 Å². The molecule has 34 heteroatoms. The Balaban J connectivity index is 0.812. The number of hydrogen-bond donors (Lipinski definition) is 3. The molecule has 2 aliphatic heterocycles. The van der Waals surface area contributed by atoms with E-state index in [1.807, 2.05) is 38.2 Å². The molecule has 0 saturated heterocycles. The van der Waals surface area contributed by atoms with Crippen molar-refractivity contribution in [1.82, 2.24) is 5.32 Å². The molecule has 706 valence electrons. The van der Waals surface area contributed by atoms with Gasteiger partial charge in [-0.3, -0.25) is 14.1 Å². The molecular weight excluding hydrogens is 1620 g/mol. The van der Waals surface area contributed by atoms with Crippen LogP contribution < -0.4 is 10.2 Å². The van der Waals surface area contributed by atoms with Crippen molar-refractivity contribution in [3.8, 4) is 0 Å².